The van der Waals surface area contributed by atoms with Crippen LogP contribution in [0.5, 0.6) is 0 Å². The number of nitrogens with two attached hydrogens (primary N) is 1. The van der Waals surface area contributed by atoms with Gasteiger partial charge < -0.3 is 26.2 Å². The van der Waals surface area contributed by atoms with E-state index in [2.05, 4.69) is 62.6 Å². The summed E-state index contributed by atoms with van der Waals surface area (Å²) in [7, 11) is 1.77. The molecule has 3 amide bonds. The van der Waals surface area contributed by atoms with E-state index in [1.807, 2.05) is 43.3 Å². The first-order valence-electron chi connectivity index (χ1n) is 14.2. The van der Waals surface area contributed by atoms with Crippen LogP contribution in [-0.4, -0.2) is 79.9 Å². The number of benzene rings is 2. The average molecular weight is 554 g/mol. The lowest BCUT2D eigenvalue weighted by atomic mass is 9.88. The van der Waals surface area contributed by atoms with Crippen molar-refractivity contribution in [1.82, 2.24) is 20.4 Å². The van der Waals surface area contributed by atoms with Crippen LogP contribution >= 0.6 is 0 Å². The highest BCUT2D eigenvalue weighted by Crippen LogP contribution is 2.18. The fourth-order valence-electron chi connectivity index (χ4n) is 4.01. The summed E-state index contributed by atoms with van der Waals surface area (Å²) in [4.78, 5) is 37.7. The van der Waals surface area contributed by atoms with E-state index in [-0.39, 0.29) is 35.9 Å². The quantitative estimate of drug-likeness (QED) is 0.391. The lowest BCUT2D eigenvalue weighted by Crippen LogP contribution is -2.45. The maximum Gasteiger partial charge on any atom is 0.236 e. The zero-order valence-electron chi connectivity index (χ0n) is 25.4. The Morgan fingerprint density at radius 2 is 1.70 bits per heavy atom. The van der Waals surface area contributed by atoms with Gasteiger partial charge in [-0.25, -0.2) is 0 Å². The van der Waals surface area contributed by atoms with Crippen LogP contribution in [0, 0.1) is 12.3 Å². The van der Waals surface area contributed by atoms with Crippen molar-refractivity contribution in [2.45, 2.75) is 66.0 Å². The highest BCUT2D eigenvalue weighted by atomic mass is 16.2. The molecule has 222 valence electrons. The van der Waals surface area contributed by atoms with Gasteiger partial charge in [0.05, 0.1) is 13.1 Å². The molecule has 1 fully saturated rings. The third kappa shape index (κ3) is 14.2. The van der Waals surface area contributed by atoms with Crippen molar-refractivity contribution in [2.24, 2.45) is 11.1 Å². The van der Waals surface area contributed by atoms with Gasteiger partial charge in [0.25, 0.3) is 0 Å². The minimum absolute atomic E-state index is 0.0165. The predicted octanol–water partition coefficient (Wildman–Crippen LogP) is 3.39. The van der Waals surface area contributed by atoms with Crippen LogP contribution in [0.3, 0.4) is 0 Å². The van der Waals surface area contributed by atoms with Gasteiger partial charge in [-0.15, -0.1) is 0 Å². The Kier molecular flexibility index (Phi) is 16.5. The number of amides is 3. The van der Waals surface area contributed by atoms with Gasteiger partial charge in [-0.05, 0) is 51.1 Å². The molecule has 1 saturated heterocycles. The van der Waals surface area contributed by atoms with E-state index in [0.29, 0.717) is 19.6 Å². The van der Waals surface area contributed by atoms with E-state index in [4.69, 9.17) is 5.73 Å². The van der Waals surface area contributed by atoms with Gasteiger partial charge in [0, 0.05) is 31.7 Å². The normalized spacial score (nSPS) is 15.1. The molecule has 40 heavy (non-hydrogen) atoms. The molecule has 2 aromatic carbocycles. The minimum Gasteiger partial charge on any atom is -0.352 e. The van der Waals surface area contributed by atoms with Crippen LogP contribution in [-0.2, 0) is 20.8 Å². The summed E-state index contributed by atoms with van der Waals surface area (Å²) in [5, 5.41) is 5.73. The molecule has 0 aliphatic carbocycles. The van der Waals surface area contributed by atoms with Crippen molar-refractivity contribution < 1.29 is 14.4 Å². The molecular formula is C32H51N5O3. The van der Waals surface area contributed by atoms with Crippen molar-refractivity contribution in [3.63, 3.8) is 0 Å². The van der Waals surface area contributed by atoms with Crippen molar-refractivity contribution in [3.05, 3.63) is 71.8 Å². The number of likely N-dealkylation sites (tertiary alicyclic amines) is 1. The minimum atomic E-state index is -0.0521. The number of carbonyl (C=O) groups is 3. The van der Waals surface area contributed by atoms with Gasteiger partial charge in [0.15, 0.2) is 0 Å². The SMILES string of the molecule is CNCC(=O)NC(C)C(C)(C)C.Cc1ccccc1.NCC(=O)N(CCc1ccccc1)CC1CCCN1C=O. The number of carbonyl (C=O) groups excluding carboxylic acids is 3. The molecule has 8 heteroatoms. The van der Waals surface area contributed by atoms with E-state index in [0.717, 1.165) is 32.2 Å². The second kappa shape index (κ2) is 19.0. The second-order valence-corrected chi connectivity index (χ2v) is 11.3. The summed E-state index contributed by atoms with van der Waals surface area (Å²) in [6, 6.07) is 20.7. The largest absolute Gasteiger partial charge is 0.352 e. The topological polar surface area (TPSA) is 108 Å². The molecule has 1 aliphatic rings. The molecular weight excluding hydrogens is 502 g/mol. The Morgan fingerprint density at radius 3 is 2.17 bits per heavy atom. The number of nitrogens with zero attached hydrogens (tertiary/aromatic N) is 2. The zero-order valence-corrected chi connectivity index (χ0v) is 25.4. The monoisotopic (exact) mass is 553 g/mol. The Morgan fingerprint density at radius 1 is 1.10 bits per heavy atom. The van der Waals surface area contributed by atoms with Gasteiger partial charge >= 0.3 is 0 Å². The third-order valence-corrected chi connectivity index (χ3v) is 6.98. The molecule has 1 heterocycles. The van der Waals surface area contributed by atoms with Crippen molar-refractivity contribution in [2.75, 3.05) is 39.8 Å². The summed E-state index contributed by atoms with van der Waals surface area (Å²) in [6.45, 7) is 12.9. The third-order valence-electron chi connectivity index (χ3n) is 6.98. The fraction of sp³-hybridized carbons (Fsp3) is 0.531. The van der Waals surface area contributed by atoms with E-state index < -0.39 is 0 Å². The van der Waals surface area contributed by atoms with Gasteiger partial charge in [-0.2, -0.15) is 0 Å². The van der Waals surface area contributed by atoms with Crippen molar-refractivity contribution in [1.29, 1.82) is 0 Å². The Labute approximate surface area is 241 Å². The number of hydrogen-bond donors (Lipinski definition) is 3. The standard InChI is InChI=1S/C16H23N3O2.C9H20N2O.C7H8/c17-11-16(21)18(10-8-14-5-2-1-3-6-14)12-15-7-4-9-19(15)13-20;1-7(9(2,3)4)11-8(12)6-10-5;1-7-5-3-2-4-6-7/h1-3,5-6,13,15H,4,7-12,17H2;7,10H,6H2,1-5H3,(H,11,12);2-6H,1H3. The number of aryl methyl sites for hydroxylation is 1. The molecule has 8 nitrogen and oxygen atoms in total. The second-order valence-electron chi connectivity index (χ2n) is 11.3. The molecule has 2 aromatic rings. The first-order valence-corrected chi connectivity index (χ1v) is 14.2. The molecule has 0 bridgehead atoms. The van der Waals surface area contributed by atoms with E-state index in [9.17, 15) is 14.4 Å². The highest BCUT2D eigenvalue weighted by Gasteiger charge is 2.26. The smallest absolute Gasteiger partial charge is 0.236 e. The highest BCUT2D eigenvalue weighted by molar-refractivity contribution is 5.78. The van der Waals surface area contributed by atoms with Crippen molar-refractivity contribution in [3.8, 4) is 0 Å². The number of rotatable bonds is 10. The predicted molar refractivity (Wildman–Crippen MR) is 164 cm³/mol. The molecule has 3 rings (SSSR count). The number of nitrogens with one attached hydrogen (secondary N) is 2. The summed E-state index contributed by atoms with van der Waals surface area (Å²) in [6.07, 6.45) is 3.66. The number of likely N-dealkylation sites (N-methyl/N-ethyl adjacent to an activating group) is 1. The van der Waals surface area contributed by atoms with Crippen LogP contribution in [0.2, 0.25) is 0 Å². The maximum atomic E-state index is 12.0. The first-order chi connectivity index (χ1) is 19.0. The summed E-state index contributed by atoms with van der Waals surface area (Å²) in [5.74, 6) is 0.00334. The molecule has 0 spiro atoms. The van der Waals surface area contributed by atoms with Crippen LogP contribution in [0.1, 0.15) is 51.7 Å². The maximum absolute atomic E-state index is 12.0. The van der Waals surface area contributed by atoms with Gasteiger partial charge in [0.1, 0.15) is 0 Å². The van der Waals surface area contributed by atoms with Crippen LogP contribution in [0.4, 0.5) is 0 Å². The van der Waals surface area contributed by atoms with Gasteiger partial charge in [-0.3, -0.25) is 14.4 Å². The molecule has 2 unspecified atom stereocenters. The molecule has 2 atom stereocenters. The molecule has 1 aliphatic heterocycles. The lowest BCUT2D eigenvalue weighted by molar-refractivity contribution is -0.131. The van der Waals surface area contributed by atoms with Crippen molar-refractivity contribution >= 4 is 18.2 Å². The number of hydrogen-bond acceptors (Lipinski definition) is 5. The molecule has 4 N–H and O–H groups in total. The Bertz CT molecular complexity index is 979. The lowest BCUT2D eigenvalue weighted by Gasteiger charge is -2.29. The fourth-order valence-corrected chi connectivity index (χ4v) is 4.01. The van der Waals surface area contributed by atoms with Gasteiger partial charge in [-0.1, -0.05) is 87.0 Å². The Balaban J connectivity index is 0.000000353. The van der Waals surface area contributed by atoms with E-state index >= 15 is 0 Å². The Hall–Kier alpha value is -3.23. The summed E-state index contributed by atoms with van der Waals surface area (Å²) >= 11 is 0. The van der Waals surface area contributed by atoms with E-state index in [1.165, 1.54) is 11.1 Å². The van der Waals surface area contributed by atoms with E-state index in [1.54, 1.807) is 16.8 Å². The van der Waals surface area contributed by atoms with Crippen LogP contribution in [0.15, 0.2) is 60.7 Å². The molecule has 0 aromatic heterocycles. The molecule has 0 saturated carbocycles. The zero-order chi connectivity index (χ0) is 30.0. The average Bonchev–Trinajstić information content (AvgIpc) is 3.39. The van der Waals surface area contributed by atoms with Crippen LogP contribution in [0.25, 0.3) is 0 Å². The van der Waals surface area contributed by atoms with Gasteiger partial charge in [0.2, 0.25) is 18.2 Å². The van der Waals surface area contributed by atoms with Crippen LogP contribution < -0.4 is 16.4 Å². The first kappa shape index (κ1) is 34.8. The summed E-state index contributed by atoms with van der Waals surface area (Å²) < 4.78 is 0. The summed E-state index contributed by atoms with van der Waals surface area (Å²) in [5.41, 5.74) is 8.16. The molecule has 0 radical (unpaired) electrons.